The molecular formula is C32H34O4S4. The van der Waals surface area contributed by atoms with Crippen LogP contribution in [0.2, 0.25) is 0 Å². The number of carbonyl (C=O) groups is 3. The van der Waals surface area contributed by atoms with Crippen molar-refractivity contribution in [3.05, 3.63) is 109 Å². The van der Waals surface area contributed by atoms with Gasteiger partial charge in [0, 0.05) is 15.7 Å². The standard InChI is InChI=1S/C32H34O4S4/c1-5-37-31(38-6-2)27(25(33)20-19-22-15-11-9-12-16-22)24(23-17-13-10-14-18-23)21-26-28(29(34)30(35)36-26)32(39-7-3)40-8-4/h9-21,24H,5-8H2,1-4H3/b20-19+,26-21-. The number of ketones is 2. The molecule has 3 rings (SSSR count). The van der Waals surface area contributed by atoms with Crippen molar-refractivity contribution in [1.82, 2.24) is 0 Å². The predicted molar refractivity (Wildman–Crippen MR) is 175 cm³/mol. The normalized spacial score (nSPS) is 15.0. The molecule has 2 aromatic rings. The number of allylic oxidation sites excluding steroid dienone is 4. The van der Waals surface area contributed by atoms with Crippen LogP contribution in [0.5, 0.6) is 0 Å². The van der Waals surface area contributed by atoms with Crippen LogP contribution in [0.1, 0.15) is 44.7 Å². The van der Waals surface area contributed by atoms with Gasteiger partial charge in [0.2, 0.25) is 0 Å². The monoisotopic (exact) mass is 610 g/mol. The number of rotatable bonds is 14. The topological polar surface area (TPSA) is 60.4 Å². The molecule has 0 amide bonds. The summed E-state index contributed by atoms with van der Waals surface area (Å²) in [4.78, 5) is 39.6. The Morgan fingerprint density at radius 3 is 1.90 bits per heavy atom. The molecule has 1 fully saturated rings. The first-order chi connectivity index (χ1) is 19.4. The van der Waals surface area contributed by atoms with E-state index >= 15 is 0 Å². The Kier molecular flexibility index (Phi) is 13.5. The van der Waals surface area contributed by atoms with Crippen molar-refractivity contribution in [2.24, 2.45) is 0 Å². The highest BCUT2D eigenvalue weighted by atomic mass is 32.2. The molecule has 0 radical (unpaired) electrons. The molecule has 1 aliphatic heterocycles. The Hall–Kier alpha value is -2.39. The number of carbonyl (C=O) groups excluding carboxylic acids is 3. The van der Waals surface area contributed by atoms with E-state index in [9.17, 15) is 14.4 Å². The summed E-state index contributed by atoms with van der Waals surface area (Å²) in [5, 5.41) is 0. The number of hydrogen-bond donors (Lipinski definition) is 0. The summed E-state index contributed by atoms with van der Waals surface area (Å²) in [6.45, 7) is 8.14. The summed E-state index contributed by atoms with van der Waals surface area (Å²) in [7, 11) is 0. The molecule has 1 atom stereocenters. The lowest BCUT2D eigenvalue weighted by molar-refractivity contribution is -0.145. The van der Waals surface area contributed by atoms with E-state index in [4.69, 9.17) is 4.74 Å². The van der Waals surface area contributed by atoms with E-state index in [2.05, 4.69) is 13.8 Å². The fraction of sp³-hybridized carbons (Fsp3) is 0.281. The number of ether oxygens (including phenoxy) is 1. The number of Topliss-reactive ketones (excluding diaryl/α,β-unsaturated/α-hetero) is 1. The van der Waals surface area contributed by atoms with E-state index in [1.165, 1.54) is 23.5 Å². The van der Waals surface area contributed by atoms with Gasteiger partial charge < -0.3 is 4.74 Å². The highest BCUT2D eigenvalue weighted by molar-refractivity contribution is 8.22. The zero-order valence-corrected chi connectivity index (χ0v) is 26.4. The molecule has 0 spiro atoms. The molecule has 4 nitrogen and oxygen atoms in total. The van der Waals surface area contributed by atoms with Crippen LogP contribution in [-0.2, 0) is 19.1 Å². The first kappa shape index (κ1) is 32.1. The summed E-state index contributed by atoms with van der Waals surface area (Å²) >= 11 is 6.30. The van der Waals surface area contributed by atoms with Crippen molar-refractivity contribution < 1.29 is 19.1 Å². The SMILES string of the molecule is CCSC(SCC)=C1C(=O)C(=O)O/C1=C\C(C(C(=O)/C=C/c1ccccc1)=C(SCC)SCC)c1ccccc1. The minimum absolute atomic E-state index is 0.126. The van der Waals surface area contributed by atoms with Gasteiger partial charge in [0.15, 0.2) is 5.78 Å². The zero-order chi connectivity index (χ0) is 28.9. The number of benzene rings is 2. The maximum Gasteiger partial charge on any atom is 0.385 e. The van der Waals surface area contributed by atoms with Gasteiger partial charge in [-0.3, -0.25) is 9.59 Å². The smallest absolute Gasteiger partial charge is 0.385 e. The molecule has 40 heavy (non-hydrogen) atoms. The van der Waals surface area contributed by atoms with Crippen LogP contribution in [-0.4, -0.2) is 40.5 Å². The van der Waals surface area contributed by atoms with Gasteiger partial charge >= 0.3 is 5.97 Å². The minimum Gasteiger partial charge on any atom is -0.420 e. The van der Waals surface area contributed by atoms with Gasteiger partial charge in [-0.15, -0.1) is 47.0 Å². The molecule has 0 bridgehead atoms. The van der Waals surface area contributed by atoms with Crippen LogP contribution in [0.25, 0.3) is 6.08 Å². The van der Waals surface area contributed by atoms with Crippen LogP contribution in [0.15, 0.2) is 98.2 Å². The molecular weight excluding hydrogens is 577 g/mol. The Morgan fingerprint density at radius 1 is 0.800 bits per heavy atom. The van der Waals surface area contributed by atoms with Gasteiger partial charge in [0.25, 0.3) is 5.78 Å². The molecule has 0 N–H and O–H groups in total. The summed E-state index contributed by atoms with van der Waals surface area (Å²) in [6.07, 6.45) is 5.22. The number of thioether (sulfide) groups is 4. The number of esters is 1. The van der Waals surface area contributed by atoms with Crippen molar-refractivity contribution >= 4 is 70.7 Å². The first-order valence-corrected chi connectivity index (χ1v) is 17.2. The highest BCUT2D eigenvalue weighted by Gasteiger charge is 2.38. The number of hydrogen-bond acceptors (Lipinski definition) is 8. The molecule has 0 saturated carbocycles. The van der Waals surface area contributed by atoms with Crippen molar-refractivity contribution in [2.75, 3.05) is 23.0 Å². The van der Waals surface area contributed by atoms with Crippen LogP contribution < -0.4 is 0 Å². The molecule has 0 aromatic heterocycles. The van der Waals surface area contributed by atoms with E-state index in [-0.39, 0.29) is 11.5 Å². The highest BCUT2D eigenvalue weighted by Crippen LogP contribution is 2.43. The largest absolute Gasteiger partial charge is 0.420 e. The molecule has 1 saturated heterocycles. The Morgan fingerprint density at radius 2 is 1.35 bits per heavy atom. The van der Waals surface area contributed by atoms with Gasteiger partial charge in [-0.25, -0.2) is 4.79 Å². The van der Waals surface area contributed by atoms with Gasteiger partial charge in [0.05, 0.1) is 9.81 Å². The van der Waals surface area contributed by atoms with Gasteiger partial charge in [-0.2, -0.15) is 0 Å². The summed E-state index contributed by atoms with van der Waals surface area (Å²) in [5.74, 6) is 1.13. The lowest BCUT2D eigenvalue weighted by Gasteiger charge is -2.21. The molecule has 1 aliphatic rings. The van der Waals surface area contributed by atoms with Crippen LogP contribution >= 0.6 is 47.0 Å². The van der Waals surface area contributed by atoms with E-state index in [1.807, 2.05) is 80.6 Å². The van der Waals surface area contributed by atoms with Crippen LogP contribution in [0.3, 0.4) is 0 Å². The van der Waals surface area contributed by atoms with Crippen LogP contribution in [0, 0.1) is 0 Å². The van der Waals surface area contributed by atoms with Crippen molar-refractivity contribution in [3.8, 4) is 0 Å². The summed E-state index contributed by atoms with van der Waals surface area (Å²) in [5.41, 5.74) is 2.70. The fourth-order valence-corrected chi connectivity index (χ4v) is 8.57. The quantitative estimate of drug-likeness (QED) is 0.120. The molecule has 1 heterocycles. The molecule has 8 heteroatoms. The van der Waals surface area contributed by atoms with E-state index in [1.54, 1.807) is 35.7 Å². The predicted octanol–water partition coefficient (Wildman–Crippen LogP) is 8.50. The van der Waals surface area contributed by atoms with E-state index in [0.29, 0.717) is 11.1 Å². The lowest BCUT2D eigenvalue weighted by Crippen LogP contribution is -2.12. The second-order valence-electron chi connectivity index (χ2n) is 8.34. The maximum absolute atomic E-state index is 14.0. The van der Waals surface area contributed by atoms with E-state index < -0.39 is 17.7 Å². The second kappa shape index (κ2) is 16.8. The third-order valence-corrected chi connectivity index (χ3v) is 10.1. The number of cyclic esters (lactones) is 1. The third-order valence-electron chi connectivity index (χ3n) is 5.67. The lowest BCUT2D eigenvalue weighted by atomic mass is 9.88. The molecule has 210 valence electrons. The molecule has 1 unspecified atom stereocenters. The maximum atomic E-state index is 14.0. The average molecular weight is 611 g/mol. The van der Waals surface area contributed by atoms with Crippen molar-refractivity contribution in [1.29, 1.82) is 0 Å². The molecule has 2 aromatic carbocycles. The van der Waals surface area contributed by atoms with Gasteiger partial charge in [0.1, 0.15) is 5.76 Å². The van der Waals surface area contributed by atoms with Crippen molar-refractivity contribution in [2.45, 2.75) is 33.6 Å². The van der Waals surface area contributed by atoms with Crippen molar-refractivity contribution in [3.63, 3.8) is 0 Å². The summed E-state index contributed by atoms with van der Waals surface area (Å²) in [6, 6.07) is 19.4. The molecule has 0 aliphatic carbocycles. The Labute approximate surface area is 254 Å². The second-order valence-corrected chi connectivity index (χ2v) is 14.0. The Bertz CT molecular complexity index is 1290. The van der Waals surface area contributed by atoms with Gasteiger partial charge in [-0.05, 0) is 46.3 Å². The van der Waals surface area contributed by atoms with Gasteiger partial charge in [-0.1, -0.05) is 94.4 Å². The third kappa shape index (κ3) is 8.56. The Balaban J connectivity index is 2.27. The first-order valence-electron chi connectivity index (χ1n) is 13.3. The van der Waals surface area contributed by atoms with E-state index in [0.717, 1.165) is 42.6 Å². The van der Waals surface area contributed by atoms with Crippen LogP contribution in [0.4, 0.5) is 0 Å². The summed E-state index contributed by atoms with van der Waals surface area (Å²) < 4.78 is 7.28. The average Bonchev–Trinajstić information content (AvgIpc) is 3.24. The zero-order valence-electron chi connectivity index (χ0n) is 23.2. The minimum atomic E-state index is -0.883. The fourth-order valence-electron chi connectivity index (χ4n) is 3.99.